The van der Waals surface area contributed by atoms with Crippen LogP contribution in [0.1, 0.15) is 44.6 Å². The average molecular weight is 478 g/mol. The number of urea groups is 1. The van der Waals surface area contributed by atoms with Crippen molar-refractivity contribution in [2.45, 2.75) is 62.9 Å². The van der Waals surface area contributed by atoms with Crippen molar-refractivity contribution in [2.75, 3.05) is 30.4 Å². The standard InChI is InChI=1S/C25H31N7O3/c1-26-25(34)28-16-4-2-15(3-5-16)22-29-23(31-13-19-10-11-20(14-31)35-19)21-12-27-32(24(21)30-22)17-6-8-18(33)9-7-17/h2-5,12,17-20,33H,6-11,13-14H2,1H3,(H2,26,28,34). The number of aliphatic hydroxyl groups is 1. The quantitative estimate of drug-likeness (QED) is 0.529. The van der Waals surface area contributed by atoms with Gasteiger partial charge in [-0.2, -0.15) is 5.10 Å². The van der Waals surface area contributed by atoms with Gasteiger partial charge < -0.3 is 25.4 Å². The largest absolute Gasteiger partial charge is 0.393 e. The highest BCUT2D eigenvalue weighted by Crippen LogP contribution is 2.36. The summed E-state index contributed by atoms with van der Waals surface area (Å²) in [6.07, 6.45) is 7.67. The van der Waals surface area contributed by atoms with E-state index >= 15 is 0 Å². The molecule has 2 bridgehead atoms. The summed E-state index contributed by atoms with van der Waals surface area (Å²) in [7, 11) is 1.59. The van der Waals surface area contributed by atoms with Gasteiger partial charge in [0.15, 0.2) is 11.5 Å². The van der Waals surface area contributed by atoms with Crippen LogP contribution in [0.5, 0.6) is 0 Å². The molecule has 184 valence electrons. The minimum atomic E-state index is -0.263. The van der Waals surface area contributed by atoms with Gasteiger partial charge in [0.2, 0.25) is 0 Å². The molecule has 2 amide bonds. The van der Waals surface area contributed by atoms with Crippen LogP contribution in [-0.2, 0) is 4.74 Å². The van der Waals surface area contributed by atoms with E-state index in [4.69, 9.17) is 19.8 Å². The molecular weight excluding hydrogens is 446 g/mol. The molecule has 3 N–H and O–H groups in total. The number of aliphatic hydroxyl groups excluding tert-OH is 1. The molecule has 3 aliphatic rings. The van der Waals surface area contributed by atoms with Gasteiger partial charge in [0.1, 0.15) is 5.82 Å². The third-order valence-electron chi connectivity index (χ3n) is 7.42. The molecule has 2 saturated heterocycles. The SMILES string of the molecule is CNC(=O)Nc1ccc(-c2nc(N3CC4CCC(C3)O4)c3cnn(C4CCC(O)CC4)c3n2)cc1. The fourth-order valence-electron chi connectivity index (χ4n) is 5.53. The number of morpholine rings is 1. The van der Waals surface area contributed by atoms with Crippen LogP contribution < -0.4 is 15.5 Å². The van der Waals surface area contributed by atoms with E-state index in [-0.39, 0.29) is 30.4 Å². The maximum atomic E-state index is 11.7. The first kappa shape index (κ1) is 22.2. The van der Waals surface area contributed by atoms with Gasteiger partial charge in [0.25, 0.3) is 0 Å². The number of benzene rings is 1. The molecule has 2 aromatic heterocycles. The van der Waals surface area contributed by atoms with Crippen LogP contribution in [0.4, 0.5) is 16.3 Å². The van der Waals surface area contributed by atoms with Gasteiger partial charge in [-0.3, -0.25) is 0 Å². The summed E-state index contributed by atoms with van der Waals surface area (Å²) in [5.74, 6) is 1.54. The smallest absolute Gasteiger partial charge is 0.318 e. The second-order valence-corrected chi connectivity index (χ2v) is 9.80. The first-order valence-electron chi connectivity index (χ1n) is 12.5. The number of fused-ring (bicyclic) bond motifs is 3. The van der Waals surface area contributed by atoms with Crippen LogP contribution in [0.3, 0.4) is 0 Å². The molecule has 1 aromatic carbocycles. The number of amides is 2. The molecule has 2 unspecified atom stereocenters. The Bertz CT molecular complexity index is 1210. The van der Waals surface area contributed by atoms with Crippen LogP contribution in [0.2, 0.25) is 0 Å². The Balaban J connectivity index is 1.40. The molecule has 1 aliphatic carbocycles. The molecule has 2 aliphatic heterocycles. The monoisotopic (exact) mass is 477 g/mol. The van der Waals surface area contributed by atoms with Crippen molar-refractivity contribution in [3.63, 3.8) is 0 Å². The van der Waals surface area contributed by atoms with Crippen LogP contribution in [0.15, 0.2) is 30.5 Å². The van der Waals surface area contributed by atoms with Gasteiger partial charge in [-0.25, -0.2) is 19.4 Å². The summed E-state index contributed by atoms with van der Waals surface area (Å²) in [5.41, 5.74) is 2.40. The topological polar surface area (TPSA) is 117 Å². The van der Waals surface area contributed by atoms with E-state index < -0.39 is 0 Å². The molecule has 10 nitrogen and oxygen atoms in total. The molecule has 35 heavy (non-hydrogen) atoms. The molecule has 1 saturated carbocycles. The normalized spacial score (nSPS) is 26.2. The summed E-state index contributed by atoms with van der Waals surface area (Å²) in [6.45, 7) is 1.63. The zero-order chi connectivity index (χ0) is 23.9. The van der Waals surface area contributed by atoms with E-state index in [1.807, 2.05) is 35.1 Å². The zero-order valence-electron chi connectivity index (χ0n) is 19.9. The van der Waals surface area contributed by atoms with Crippen molar-refractivity contribution >= 4 is 28.6 Å². The van der Waals surface area contributed by atoms with Crippen molar-refractivity contribution in [2.24, 2.45) is 0 Å². The third-order valence-corrected chi connectivity index (χ3v) is 7.42. The first-order chi connectivity index (χ1) is 17.1. The predicted molar refractivity (Wildman–Crippen MR) is 132 cm³/mol. The molecule has 0 radical (unpaired) electrons. The number of nitrogens with one attached hydrogen (secondary N) is 2. The van der Waals surface area contributed by atoms with Crippen molar-refractivity contribution < 1.29 is 14.6 Å². The number of rotatable bonds is 4. The fourth-order valence-corrected chi connectivity index (χ4v) is 5.53. The van der Waals surface area contributed by atoms with Crippen LogP contribution in [0.25, 0.3) is 22.4 Å². The number of nitrogens with zero attached hydrogens (tertiary/aromatic N) is 5. The Morgan fingerprint density at radius 3 is 2.43 bits per heavy atom. The lowest BCUT2D eigenvalue weighted by Crippen LogP contribution is -2.43. The Labute approximate surface area is 203 Å². The van der Waals surface area contributed by atoms with Gasteiger partial charge in [-0.1, -0.05) is 0 Å². The van der Waals surface area contributed by atoms with E-state index in [0.29, 0.717) is 11.5 Å². The summed E-state index contributed by atoms with van der Waals surface area (Å²) >= 11 is 0. The van der Waals surface area contributed by atoms with Gasteiger partial charge in [-0.15, -0.1) is 0 Å². The van der Waals surface area contributed by atoms with Crippen LogP contribution in [0, 0.1) is 0 Å². The summed E-state index contributed by atoms with van der Waals surface area (Å²) in [4.78, 5) is 24.0. The number of hydrogen-bond donors (Lipinski definition) is 3. The van der Waals surface area contributed by atoms with E-state index in [0.717, 1.165) is 74.0 Å². The number of anilines is 2. The lowest BCUT2D eigenvalue weighted by atomic mass is 9.93. The predicted octanol–water partition coefficient (Wildman–Crippen LogP) is 3.09. The lowest BCUT2D eigenvalue weighted by molar-refractivity contribution is 0.0303. The van der Waals surface area contributed by atoms with Gasteiger partial charge in [-0.05, 0) is 62.8 Å². The first-order valence-corrected chi connectivity index (χ1v) is 12.5. The molecule has 2 atom stereocenters. The van der Waals surface area contributed by atoms with Crippen molar-refractivity contribution in [1.82, 2.24) is 25.1 Å². The second-order valence-electron chi connectivity index (χ2n) is 9.80. The highest BCUT2D eigenvalue weighted by molar-refractivity contribution is 5.90. The molecule has 0 spiro atoms. The molecule has 3 fully saturated rings. The summed E-state index contributed by atoms with van der Waals surface area (Å²) in [5, 5.41) is 21.1. The maximum Gasteiger partial charge on any atom is 0.318 e. The summed E-state index contributed by atoms with van der Waals surface area (Å²) in [6, 6.07) is 7.51. The van der Waals surface area contributed by atoms with E-state index in [9.17, 15) is 9.90 Å². The fraction of sp³-hybridized carbons (Fsp3) is 0.520. The molecule has 10 heteroatoms. The number of carbonyl (C=O) groups is 1. The van der Waals surface area contributed by atoms with Crippen LogP contribution >= 0.6 is 0 Å². The van der Waals surface area contributed by atoms with E-state index in [1.165, 1.54) is 0 Å². The second kappa shape index (κ2) is 9.09. The number of ether oxygens (including phenoxy) is 1. The molecule has 6 rings (SSSR count). The lowest BCUT2D eigenvalue weighted by Gasteiger charge is -2.33. The number of aromatic nitrogens is 4. The molecule has 4 heterocycles. The average Bonchev–Trinajstić information content (AvgIpc) is 3.46. The van der Waals surface area contributed by atoms with Crippen molar-refractivity contribution in [1.29, 1.82) is 0 Å². The Morgan fingerprint density at radius 2 is 1.74 bits per heavy atom. The van der Waals surface area contributed by atoms with E-state index in [2.05, 4.69) is 15.5 Å². The minimum Gasteiger partial charge on any atom is -0.393 e. The highest BCUT2D eigenvalue weighted by Gasteiger charge is 2.35. The highest BCUT2D eigenvalue weighted by atomic mass is 16.5. The molecular formula is C25H31N7O3. The van der Waals surface area contributed by atoms with Crippen molar-refractivity contribution in [3.8, 4) is 11.4 Å². The zero-order valence-corrected chi connectivity index (χ0v) is 19.9. The Hall–Kier alpha value is -3.24. The molecule has 3 aromatic rings. The minimum absolute atomic E-state index is 0.214. The van der Waals surface area contributed by atoms with Gasteiger partial charge >= 0.3 is 6.03 Å². The van der Waals surface area contributed by atoms with Gasteiger partial charge in [0, 0.05) is 31.4 Å². The van der Waals surface area contributed by atoms with Crippen LogP contribution in [-0.4, -0.2) is 69.3 Å². The Morgan fingerprint density at radius 1 is 1.03 bits per heavy atom. The summed E-state index contributed by atoms with van der Waals surface area (Å²) < 4.78 is 8.11. The Kier molecular flexibility index (Phi) is 5.77. The number of carbonyl (C=O) groups excluding carboxylic acids is 1. The van der Waals surface area contributed by atoms with E-state index in [1.54, 1.807) is 7.05 Å². The third kappa shape index (κ3) is 4.32. The van der Waals surface area contributed by atoms with Crippen molar-refractivity contribution in [3.05, 3.63) is 30.5 Å². The maximum absolute atomic E-state index is 11.7. The van der Waals surface area contributed by atoms with Gasteiger partial charge in [0.05, 0.1) is 35.9 Å². The number of hydrogen-bond acceptors (Lipinski definition) is 7.